The van der Waals surface area contributed by atoms with Crippen molar-refractivity contribution in [1.82, 2.24) is 14.5 Å². The Morgan fingerprint density at radius 3 is 2.29 bits per heavy atom. The number of aliphatic carboxylic acids is 1. The molecule has 1 heterocycles. The van der Waals surface area contributed by atoms with E-state index in [0.717, 1.165) is 4.57 Å². The topological polar surface area (TPSA) is 122 Å². The zero-order chi connectivity index (χ0) is 21.6. The van der Waals surface area contributed by atoms with Crippen LogP contribution in [0, 0.1) is 12.7 Å². The van der Waals surface area contributed by atoms with Gasteiger partial charge in [-0.15, -0.1) is 0 Å². The molecule has 0 saturated carbocycles. The van der Waals surface area contributed by atoms with Crippen LogP contribution in [0.2, 0.25) is 0 Å². The first-order valence-electron chi connectivity index (χ1n) is 8.46. The average molecular weight is 394 g/mol. The molecule has 0 spiro atoms. The average Bonchev–Trinajstić information content (AvgIpc) is 2.66. The summed E-state index contributed by atoms with van der Waals surface area (Å²) >= 11 is 0. The number of rotatable bonds is 5. The molecule has 0 saturated heterocycles. The molecule has 28 heavy (non-hydrogen) atoms. The molecule has 0 unspecified atom stereocenters. The monoisotopic (exact) mass is 394 g/mol. The predicted molar refractivity (Wildman–Crippen MR) is 103 cm³/mol. The number of carbonyl (C=O) groups is 2. The fourth-order valence-corrected chi connectivity index (χ4v) is 2.29. The highest BCUT2D eigenvalue weighted by molar-refractivity contribution is 6.00. The van der Waals surface area contributed by atoms with Gasteiger partial charge >= 0.3 is 11.7 Å². The molecule has 152 valence electrons. The minimum absolute atomic E-state index is 0.0499. The number of benzene rings is 1. The zero-order valence-corrected chi connectivity index (χ0v) is 16.3. The Morgan fingerprint density at radius 2 is 1.75 bits per heavy atom. The Balaban J connectivity index is 0.00000190. The molecule has 1 amide bonds. The number of aryl methyl sites for hydroxylation is 1. The van der Waals surface area contributed by atoms with Gasteiger partial charge < -0.3 is 15.7 Å². The molecule has 0 radical (unpaired) electrons. The summed E-state index contributed by atoms with van der Waals surface area (Å²) in [6, 6.07) is 4.24. The second kappa shape index (κ2) is 9.49. The molecule has 2 rings (SSSR count). The summed E-state index contributed by atoms with van der Waals surface area (Å²) in [5.74, 6) is -3.20. The standard InChI is InChI=1S/C16H17FN4O5.C2H6/c1-8-4-5-10(9(17)6-8)19-13-12(14(24)18-7-11(22)23)15(25)21(3)16(26)20(13)2;1-2/h4-6,19H,7H2,1-3H3,(H,18,24)(H,22,23);1-2H3. The number of nitrogens with zero attached hydrogens (tertiary/aromatic N) is 2. The Kier molecular flexibility index (Phi) is 7.66. The van der Waals surface area contributed by atoms with Gasteiger partial charge in [0.25, 0.3) is 11.5 Å². The smallest absolute Gasteiger partial charge is 0.332 e. The zero-order valence-electron chi connectivity index (χ0n) is 16.3. The highest BCUT2D eigenvalue weighted by atomic mass is 19.1. The van der Waals surface area contributed by atoms with Crippen LogP contribution in [0.15, 0.2) is 27.8 Å². The maximum absolute atomic E-state index is 14.1. The Hall–Kier alpha value is -3.43. The van der Waals surface area contributed by atoms with Gasteiger partial charge in [0, 0.05) is 14.1 Å². The van der Waals surface area contributed by atoms with E-state index in [0.29, 0.717) is 10.1 Å². The molecule has 3 N–H and O–H groups in total. The van der Waals surface area contributed by atoms with E-state index in [4.69, 9.17) is 5.11 Å². The Labute approximate surface area is 160 Å². The van der Waals surface area contributed by atoms with Gasteiger partial charge in [0.05, 0.1) is 5.69 Å². The molecule has 1 aromatic heterocycles. The van der Waals surface area contributed by atoms with Crippen LogP contribution in [0.4, 0.5) is 15.9 Å². The minimum Gasteiger partial charge on any atom is -0.480 e. The fourth-order valence-electron chi connectivity index (χ4n) is 2.29. The van der Waals surface area contributed by atoms with Gasteiger partial charge in [-0.25, -0.2) is 9.18 Å². The van der Waals surface area contributed by atoms with Crippen LogP contribution in [-0.4, -0.2) is 32.7 Å². The number of nitrogens with one attached hydrogen (secondary N) is 2. The molecule has 10 heteroatoms. The van der Waals surface area contributed by atoms with Crippen molar-refractivity contribution in [3.05, 3.63) is 56.0 Å². The molecule has 1 aromatic carbocycles. The molecule has 0 fully saturated rings. The second-order valence-corrected chi connectivity index (χ2v) is 5.61. The number of anilines is 2. The number of carbonyl (C=O) groups excluding carboxylic acids is 1. The van der Waals surface area contributed by atoms with E-state index in [2.05, 4.69) is 10.6 Å². The van der Waals surface area contributed by atoms with Crippen molar-refractivity contribution in [2.24, 2.45) is 14.1 Å². The number of aromatic nitrogens is 2. The lowest BCUT2D eigenvalue weighted by atomic mass is 10.2. The number of carboxylic acid groups (broad SMARTS) is 1. The second-order valence-electron chi connectivity index (χ2n) is 5.61. The third-order valence-electron chi connectivity index (χ3n) is 3.67. The normalized spacial score (nSPS) is 9.93. The maximum Gasteiger partial charge on any atom is 0.332 e. The van der Waals surface area contributed by atoms with E-state index in [1.807, 2.05) is 13.8 Å². The van der Waals surface area contributed by atoms with Gasteiger partial charge in [-0.1, -0.05) is 19.9 Å². The van der Waals surface area contributed by atoms with Crippen LogP contribution in [0.5, 0.6) is 0 Å². The quantitative estimate of drug-likeness (QED) is 0.698. The molecular formula is C18H23FN4O5. The lowest BCUT2D eigenvalue weighted by molar-refractivity contribution is -0.135. The summed E-state index contributed by atoms with van der Waals surface area (Å²) in [7, 11) is 2.47. The van der Waals surface area contributed by atoms with Crippen LogP contribution in [0.25, 0.3) is 0 Å². The van der Waals surface area contributed by atoms with Gasteiger partial charge in [0.1, 0.15) is 23.7 Å². The molecule has 0 atom stereocenters. The van der Waals surface area contributed by atoms with Crippen molar-refractivity contribution < 1.29 is 19.1 Å². The number of carboxylic acids is 1. The number of hydrogen-bond acceptors (Lipinski definition) is 5. The van der Waals surface area contributed by atoms with Crippen LogP contribution >= 0.6 is 0 Å². The summed E-state index contributed by atoms with van der Waals surface area (Å²) < 4.78 is 15.8. The molecule has 0 bridgehead atoms. The first-order valence-corrected chi connectivity index (χ1v) is 8.46. The first-order chi connectivity index (χ1) is 13.1. The van der Waals surface area contributed by atoms with E-state index in [-0.39, 0.29) is 11.5 Å². The summed E-state index contributed by atoms with van der Waals surface area (Å²) in [6.45, 7) is 4.97. The molecular weight excluding hydrogens is 371 g/mol. The van der Waals surface area contributed by atoms with Gasteiger partial charge in [-0.2, -0.15) is 0 Å². The van der Waals surface area contributed by atoms with Crippen molar-refractivity contribution in [3.8, 4) is 0 Å². The third-order valence-corrected chi connectivity index (χ3v) is 3.67. The van der Waals surface area contributed by atoms with E-state index >= 15 is 0 Å². The predicted octanol–water partition coefficient (Wildman–Crippen LogP) is 1.12. The van der Waals surface area contributed by atoms with E-state index in [9.17, 15) is 23.6 Å². The van der Waals surface area contributed by atoms with Gasteiger partial charge in [0.2, 0.25) is 0 Å². The van der Waals surface area contributed by atoms with Crippen LogP contribution in [0.1, 0.15) is 29.8 Å². The summed E-state index contributed by atoms with van der Waals surface area (Å²) in [4.78, 5) is 47.5. The van der Waals surface area contributed by atoms with Gasteiger partial charge in [-0.05, 0) is 24.6 Å². The van der Waals surface area contributed by atoms with Crippen molar-refractivity contribution in [1.29, 1.82) is 0 Å². The number of hydrogen-bond donors (Lipinski definition) is 3. The van der Waals surface area contributed by atoms with Crippen molar-refractivity contribution in [3.63, 3.8) is 0 Å². The van der Waals surface area contributed by atoms with Crippen molar-refractivity contribution in [2.75, 3.05) is 11.9 Å². The lowest BCUT2D eigenvalue weighted by Crippen LogP contribution is -2.44. The van der Waals surface area contributed by atoms with Crippen molar-refractivity contribution in [2.45, 2.75) is 20.8 Å². The Morgan fingerprint density at radius 1 is 1.14 bits per heavy atom. The summed E-state index contributed by atoms with van der Waals surface area (Å²) in [5.41, 5.74) is -1.57. The molecule has 0 aliphatic heterocycles. The first kappa shape index (κ1) is 22.6. The third kappa shape index (κ3) is 4.84. The minimum atomic E-state index is -1.31. The van der Waals surface area contributed by atoms with Crippen LogP contribution < -0.4 is 21.9 Å². The molecule has 2 aromatic rings. The maximum atomic E-state index is 14.1. The Bertz CT molecular complexity index is 1010. The largest absolute Gasteiger partial charge is 0.480 e. The molecule has 0 aliphatic carbocycles. The highest BCUT2D eigenvalue weighted by Gasteiger charge is 2.23. The van der Waals surface area contributed by atoms with Crippen molar-refractivity contribution >= 4 is 23.4 Å². The number of amides is 1. The van der Waals surface area contributed by atoms with E-state index in [1.165, 1.54) is 26.2 Å². The summed E-state index contributed by atoms with van der Waals surface area (Å²) in [5, 5.41) is 13.3. The number of halogens is 1. The van der Waals surface area contributed by atoms with E-state index < -0.39 is 41.1 Å². The van der Waals surface area contributed by atoms with E-state index in [1.54, 1.807) is 13.0 Å². The van der Waals surface area contributed by atoms with Gasteiger partial charge in [-0.3, -0.25) is 23.5 Å². The van der Waals surface area contributed by atoms with Crippen LogP contribution in [-0.2, 0) is 18.9 Å². The summed E-state index contributed by atoms with van der Waals surface area (Å²) in [6.07, 6.45) is 0. The van der Waals surface area contributed by atoms with Gasteiger partial charge in [0.15, 0.2) is 0 Å². The molecule has 9 nitrogen and oxygen atoms in total. The SMILES string of the molecule is CC.Cc1ccc(Nc2c(C(=O)NCC(=O)O)c(=O)n(C)c(=O)n2C)c(F)c1. The lowest BCUT2D eigenvalue weighted by Gasteiger charge is -2.17. The molecule has 0 aliphatic rings. The highest BCUT2D eigenvalue weighted by Crippen LogP contribution is 2.21. The fraction of sp³-hybridized carbons (Fsp3) is 0.333. The van der Waals surface area contributed by atoms with Crippen LogP contribution in [0.3, 0.4) is 0 Å².